The Labute approximate surface area is 105 Å². The molecule has 0 spiro atoms. The molecule has 1 N–H and O–H groups in total. The molecule has 1 saturated heterocycles. The van der Waals surface area contributed by atoms with Crippen molar-refractivity contribution in [1.82, 2.24) is 15.3 Å². The van der Waals surface area contributed by atoms with Crippen LogP contribution in [0.15, 0.2) is 12.4 Å². The van der Waals surface area contributed by atoms with Gasteiger partial charge in [0.15, 0.2) is 0 Å². The number of alkyl halides is 1. The van der Waals surface area contributed by atoms with E-state index in [0.29, 0.717) is 30.1 Å². The zero-order chi connectivity index (χ0) is 10.7. The van der Waals surface area contributed by atoms with E-state index in [-0.39, 0.29) is 12.4 Å². The molecule has 0 saturated carbocycles. The van der Waals surface area contributed by atoms with E-state index in [9.17, 15) is 4.39 Å². The zero-order valence-electron chi connectivity index (χ0n) is 8.75. The van der Waals surface area contributed by atoms with Gasteiger partial charge in [-0.15, -0.1) is 12.4 Å². The van der Waals surface area contributed by atoms with E-state index >= 15 is 0 Å². The van der Waals surface area contributed by atoms with Gasteiger partial charge in [0, 0.05) is 6.42 Å². The van der Waals surface area contributed by atoms with Gasteiger partial charge in [0.1, 0.15) is 10.8 Å². The zero-order valence-corrected chi connectivity index (χ0v) is 10.3. The van der Waals surface area contributed by atoms with Crippen molar-refractivity contribution in [1.29, 1.82) is 0 Å². The fourth-order valence-electron chi connectivity index (χ4n) is 1.81. The minimum Gasteiger partial charge on any atom is -0.316 e. The summed E-state index contributed by atoms with van der Waals surface area (Å²) in [6, 6.07) is 0. The molecule has 1 aliphatic rings. The number of rotatable bonds is 2. The smallest absolute Gasteiger partial charge is 0.147 e. The third-order valence-corrected chi connectivity index (χ3v) is 2.87. The minimum absolute atomic E-state index is 0. The highest BCUT2D eigenvalue weighted by atomic mass is 35.5. The summed E-state index contributed by atoms with van der Waals surface area (Å²) in [5.74, 6) is 0. The molecule has 3 nitrogen and oxygen atoms in total. The van der Waals surface area contributed by atoms with Crippen molar-refractivity contribution in [3.8, 4) is 0 Å². The van der Waals surface area contributed by atoms with Crippen LogP contribution < -0.4 is 5.32 Å². The molecule has 0 aliphatic carbocycles. The van der Waals surface area contributed by atoms with Crippen LogP contribution in [0.3, 0.4) is 0 Å². The second-order valence-corrected chi connectivity index (χ2v) is 4.30. The van der Waals surface area contributed by atoms with Crippen LogP contribution in [0.2, 0.25) is 5.15 Å². The minimum atomic E-state index is -1.13. The van der Waals surface area contributed by atoms with Gasteiger partial charge in [-0.05, 0) is 25.9 Å². The lowest BCUT2D eigenvalue weighted by molar-refractivity contribution is 0.115. The first-order valence-electron chi connectivity index (χ1n) is 5.04. The van der Waals surface area contributed by atoms with E-state index in [1.54, 1.807) is 6.20 Å². The quantitative estimate of drug-likeness (QED) is 0.891. The van der Waals surface area contributed by atoms with Gasteiger partial charge in [0.2, 0.25) is 0 Å². The molecule has 0 atom stereocenters. The van der Waals surface area contributed by atoms with E-state index in [1.165, 1.54) is 6.20 Å². The molecule has 1 aliphatic heterocycles. The number of piperidine rings is 1. The van der Waals surface area contributed by atoms with Crippen LogP contribution in [-0.4, -0.2) is 28.7 Å². The van der Waals surface area contributed by atoms with Gasteiger partial charge in [-0.3, -0.25) is 4.98 Å². The Morgan fingerprint density at radius 1 is 1.31 bits per heavy atom. The van der Waals surface area contributed by atoms with Crippen LogP contribution in [0, 0.1) is 0 Å². The second kappa shape index (κ2) is 5.75. The maximum absolute atomic E-state index is 14.2. The standard InChI is InChI=1S/C10H13ClFN3.ClH/c11-9-7-14-8(6-15-9)5-10(12)1-3-13-4-2-10;/h6-7,13H,1-5H2;1H. The Bertz CT molecular complexity index is 325. The molecular weight excluding hydrogens is 252 g/mol. The average molecular weight is 266 g/mol. The Morgan fingerprint density at radius 3 is 2.56 bits per heavy atom. The predicted octanol–water partition coefficient (Wildman–Crippen LogP) is 2.19. The van der Waals surface area contributed by atoms with Gasteiger partial charge >= 0.3 is 0 Å². The van der Waals surface area contributed by atoms with Crippen LogP contribution >= 0.6 is 24.0 Å². The maximum atomic E-state index is 14.2. The number of halogens is 3. The summed E-state index contributed by atoms with van der Waals surface area (Å²) < 4.78 is 14.2. The van der Waals surface area contributed by atoms with Gasteiger partial charge in [-0.2, -0.15) is 0 Å². The molecule has 1 aromatic heterocycles. The molecule has 1 fully saturated rings. The predicted molar refractivity (Wildman–Crippen MR) is 63.9 cm³/mol. The summed E-state index contributed by atoms with van der Waals surface area (Å²) in [5, 5.41) is 3.48. The van der Waals surface area contributed by atoms with Gasteiger partial charge in [-0.25, -0.2) is 9.37 Å². The fourth-order valence-corrected chi connectivity index (χ4v) is 1.90. The number of aromatic nitrogens is 2. The van der Waals surface area contributed by atoms with E-state index in [2.05, 4.69) is 15.3 Å². The molecule has 16 heavy (non-hydrogen) atoms. The fraction of sp³-hybridized carbons (Fsp3) is 0.600. The van der Waals surface area contributed by atoms with Gasteiger partial charge in [0.05, 0.1) is 18.1 Å². The summed E-state index contributed by atoms with van der Waals surface area (Å²) in [6.45, 7) is 1.47. The SMILES string of the molecule is Cl.FC1(Cc2cnc(Cl)cn2)CCNCC1. The second-order valence-electron chi connectivity index (χ2n) is 3.91. The molecule has 0 aromatic carbocycles. The normalized spacial score (nSPS) is 18.9. The van der Waals surface area contributed by atoms with Crippen molar-refractivity contribution in [3.63, 3.8) is 0 Å². The van der Waals surface area contributed by atoms with Gasteiger partial charge < -0.3 is 5.32 Å². The van der Waals surface area contributed by atoms with E-state index in [0.717, 1.165) is 13.1 Å². The molecule has 0 bridgehead atoms. The first kappa shape index (κ1) is 13.6. The van der Waals surface area contributed by atoms with Crippen LogP contribution in [0.4, 0.5) is 4.39 Å². The van der Waals surface area contributed by atoms with Crippen molar-refractivity contribution >= 4 is 24.0 Å². The molecule has 2 rings (SSSR count). The van der Waals surface area contributed by atoms with E-state index in [1.807, 2.05) is 0 Å². The summed E-state index contributed by atoms with van der Waals surface area (Å²) in [5.41, 5.74) is -0.461. The first-order chi connectivity index (χ1) is 7.18. The summed E-state index contributed by atoms with van der Waals surface area (Å²) in [4.78, 5) is 7.96. The third-order valence-electron chi connectivity index (χ3n) is 2.67. The number of nitrogens with zero attached hydrogens (tertiary/aromatic N) is 2. The highest BCUT2D eigenvalue weighted by Crippen LogP contribution is 2.26. The van der Waals surface area contributed by atoms with E-state index < -0.39 is 5.67 Å². The van der Waals surface area contributed by atoms with Crippen LogP contribution in [0.1, 0.15) is 18.5 Å². The Hall–Kier alpha value is -0.450. The number of hydrogen-bond donors (Lipinski definition) is 1. The van der Waals surface area contributed by atoms with E-state index in [4.69, 9.17) is 11.6 Å². The highest BCUT2D eigenvalue weighted by molar-refractivity contribution is 6.29. The summed E-state index contributed by atoms with van der Waals surface area (Å²) >= 11 is 5.61. The summed E-state index contributed by atoms with van der Waals surface area (Å²) in [7, 11) is 0. The average Bonchev–Trinajstić information content (AvgIpc) is 2.22. The molecule has 0 radical (unpaired) electrons. The van der Waals surface area contributed by atoms with Gasteiger partial charge in [-0.1, -0.05) is 11.6 Å². The monoisotopic (exact) mass is 265 g/mol. The lowest BCUT2D eigenvalue weighted by Gasteiger charge is -2.29. The number of hydrogen-bond acceptors (Lipinski definition) is 3. The first-order valence-corrected chi connectivity index (χ1v) is 5.42. The largest absolute Gasteiger partial charge is 0.316 e. The van der Waals surface area contributed by atoms with Crippen molar-refractivity contribution in [2.45, 2.75) is 24.9 Å². The lowest BCUT2D eigenvalue weighted by Crippen LogP contribution is -2.40. The molecule has 6 heteroatoms. The van der Waals surface area contributed by atoms with Crippen LogP contribution in [0.25, 0.3) is 0 Å². The Kier molecular flexibility index (Phi) is 4.89. The van der Waals surface area contributed by atoms with Crippen molar-refractivity contribution in [3.05, 3.63) is 23.2 Å². The summed E-state index contributed by atoms with van der Waals surface area (Å²) in [6.07, 6.45) is 4.42. The molecule has 0 unspecified atom stereocenters. The Morgan fingerprint density at radius 2 is 2.00 bits per heavy atom. The molecule has 90 valence electrons. The highest BCUT2D eigenvalue weighted by Gasteiger charge is 2.32. The number of nitrogens with one attached hydrogen (secondary N) is 1. The van der Waals surface area contributed by atoms with Crippen LogP contribution in [0.5, 0.6) is 0 Å². The Balaban J connectivity index is 0.00000128. The molecule has 1 aromatic rings. The molecule has 0 amide bonds. The van der Waals surface area contributed by atoms with Gasteiger partial charge in [0.25, 0.3) is 0 Å². The van der Waals surface area contributed by atoms with Crippen LogP contribution in [-0.2, 0) is 6.42 Å². The molecule has 2 heterocycles. The van der Waals surface area contributed by atoms with Crippen molar-refractivity contribution < 1.29 is 4.39 Å². The lowest BCUT2D eigenvalue weighted by atomic mass is 9.90. The maximum Gasteiger partial charge on any atom is 0.147 e. The topological polar surface area (TPSA) is 37.8 Å². The van der Waals surface area contributed by atoms with Crippen molar-refractivity contribution in [2.75, 3.05) is 13.1 Å². The third kappa shape index (κ3) is 3.54. The van der Waals surface area contributed by atoms with Crippen molar-refractivity contribution in [2.24, 2.45) is 0 Å². The molecular formula is C10H14Cl2FN3.